The van der Waals surface area contributed by atoms with Gasteiger partial charge in [0.15, 0.2) is 9.84 Å². The van der Waals surface area contributed by atoms with Crippen LogP contribution in [0.1, 0.15) is 10.4 Å². The third-order valence-corrected chi connectivity index (χ3v) is 3.99. The molecule has 0 aliphatic rings. The van der Waals surface area contributed by atoms with Crippen molar-refractivity contribution in [3.05, 3.63) is 41.7 Å². The molecule has 0 atom stereocenters. The largest absolute Gasteiger partial charge is 0.366 e. The Morgan fingerprint density at radius 2 is 2.00 bits per heavy atom. The van der Waals surface area contributed by atoms with Crippen LogP contribution in [-0.4, -0.2) is 26.6 Å². The molecule has 0 aliphatic carbocycles. The highest BCUT2D eigenvalue weighted by Gasteiger charge is 2.17. The highest BCUT2D eigenvalue weighted by Crippen LogP contribution is 2.15. The minimum Gasteiger partial charge on any atom is -0.366 e. The molecule has 1 aromatic rings. The molecule has 0 aromatic heterocycles. The lowest BCUT2D eigenvalue weighted by Gasteiger charge is -2.06. The van der Waals surface area contributed by atoms with Gasteiger partial charge in [0, 0.05) is 12.1 Å². The van der Waals surface area contributed by atoms with Crippen molar-refractivity contribution in [2.75, 3.05) is 12.3 Å². The van der Waals surface area contributed by atoms with Crippen LogP contribution in [0.25, 0.3) is 0 Å². The molecule has 0 fully saturated rings. The van der Waals surface area contributed by atoms with Gasteiger partial charge >= 0.3 is 0 Å². The number of hydrogen-bond donors (Lipinski definition) is 2. The molecule has 0 unspecified atom stereocenters. The minimum atomic E-state index is -3.74. The number of carbonyl (C=O) groups excluding carboxylic acids is 1. The molecule has 0 radical (unpaired) electrons. The summed E-state index contributed by atoms with van der Waals surface area (Å²) in [6, 6.07) is 5.27. The van der Waals surface area contributed by atoms with Crippen LogP contribution in [0.3, 0.4) is 0 Å². The second-order valence-corrected chi connectivity index (χ2v) is 5.61. The summed E-state index contributed by atoms with van der Waals surface area (Å²) in [5, 5.41) is 0. The summed E-state index contributed by atoms with van der Waals surface area (Å²) in [5.74, 6) is -1.26. The van der Waals surface area contributed by atoms with E-state index in [-0.39, 0.29) is 41.3 Å². The lowest BCUT2D eigenvalue weighted by molar-refractivity contribution is 0.1000. The van der Waals surface area contributed by atoms with Crippen LogP contribution < -0.4 is 11.5 Å². The van der Waals surface area contributed by atoms with Gasteiger partial charge < -0.3 is 11.5 Å². The molecule has 8 heteroatoms. The van der Waals surface area contributed by atoms with E-state index in [2.05, 4.69) is 0 Å². The van der Waals surface area contributed by atoms with Crippen molar-refractivity contribution in [3.8, 4) is 0 Å². The quantitative estimate of drug-likeness (QED) is 0.839. The molecule has 19 heavy (non-hydrogen) atoms. The van der Waals surface area contributed by atoms with Gasteiger partial charge in [-0.3, -0.25) is 4.79 Å². The van der Waals surface area contributed by atoms with E-state index in [1.807, 2.05) is 0 Å². The van der Waals surface area contributed by atoms with Crippen LogP contribution in [0.4, 0.5) is 4.39 Å². The van der Waals surface area contributed by atoms with Crippen molar-refractivity contribution < 1.29 is 17.6 Å². The van der Waals surface area contributed by atoms with Crippen LogP contribution in [0.2, 0.25) is 0 Å². The molecule has 106 valence electrons. The van der Waals surface area contributed by atoms with Gasteiger partial charge in [0.2, 0.25) is 5.91 Å². The van der Waals surface area contributed by atoms with Crippen LogP contribution in [0.5, 0.6) is 0 Å². The van der Waals surface area contributed by atoms with Gasteiger partial charge in [-0.1, -0.05) is 6.07 Å². The number of amides is 1. The SMILES string of the molecule is Cl.NCC(=CF)CS(=O)(=O)c1cccc(C(N)=O)c1. The van der Waals surface area contributed by atoms with Gasteiger partial charge in [-0.15, -0.1) is 12.4 Å². The molecule has 0 saturated carbocycles. The van der Waals surface area contributed by atoms with Gasteiger partial charge in [0.1, 0.15) is 0 Å². The fourth-order valence-electron chi connectivity index (χ4n) is 1.31. The number of carbonyl (C=O) groups is 1. The first-order valence-electron chi connectivity index (χ1n) is 5.01. The first-order chi connectivity index (χ1) is 8.40. The summed E-state index contributed by atoms with van der Waals surface area (Å²) < 4.78 is 36.2. The summed E-state index contributed by atoms with van der Waals surface area (Å²) >= 11 is 0. The number of primary amides is 1. The first kappa shape index (κ1) is 17.6. The number of rotatable bonds is 5. The van der Waals surface area contributed by atoms with Crippen molar-refractivity contribution >= 4 is 28.2 Å². The molecule has 0 saturated heterocycles. The summed E-state index contributed by atoms with van der Waals surface area (Å²) in [5.41, 5.74) is 10.3. The van der Waals surface area contributed by atoms with Crippen LogP contribution in [-0.2, 0) is 9.84 Å². The van der Waals surface area contributed by atoms with E-state index >= 15 is 0 Å². The average molecular weight is 309 g/mol. The summed E-state index contributed by atoms with van der Waals surface area (Å²) in [6.45, 7) is -0.189. The van der Waals surface area contributed by atoms with Gasteiger partial charge in [-0.2, -0.15) is 0 Å². The average Bonchev–Trinajstić information content (AvgIpc) is 2.36. The highest BCUT2D eigenvalue weighted by molar-refractivity contribution is 7.91. The third kappa shape index (κ3) is 4.62. The zero-order chi connectivity index (χ0) is 13.8. The van der Waals surface area contributed by atoms with E-state index in [1.165, 1.54) is 18.2 Å². The number of nitrogens with two attached hydrogens (primary N) is 2. The maximum Gasteiger partial charge on any atom is 0.248 e. The Bertz CT molecular complexity index is 587. The standard InChI is InChI=1S/C11H13FN2O3S.ClH/c12-5-8(6-13)7-18(16,17)10-3-1-2-9(4-10)11(14)15;/h1-5H,6-7,13H2,(H2,14,15);1H. The predicted molar refractivity (Wildman–Crippen MR) is 72.5 cm³/mol. The summed E-state index contributed by atoms with van der Waals surface area (Å²) in [7, 11) is -3.74. The molecule has 1 aromatic carbocycles. The zero-order valence-electron chi connectivity index (χ0n) is 9.87. The molecule has 0 aliphatic heterocycles. The van der Waals surface area contributed by atoms with E-state index in [9.17, 15) is 17.6 Å². The van der Waals surface area contributed by atoms with Crippen molar-refractivity contribution in [2.45, 2.75) is 4.90 Å². The molecule has 0 spiro atoms. The number of halogens is 2. The van der Waals surface area contributed by atoms with Gasteiger partial charge in [-0.25, -0.2) is 12.8 Å². The Balaban J connectivity index is 0.00000324. The highest BCUT2D eigenvalue weighted by atomic mass is 35.5. The molecule has 0 heterocycles. The second kappa shape index (κ2) is 7.22. The first-order valence-corrected chi connectivity index (χ1v) is 6.66. The molecular weight excluding hydrogens is 295 g/mol. The van der Waals surface area contributed by atoms with E-state index < -0.39 is 21.5 Å². The Morgan fingerprint density at radius 3 is 2.47 bits per heavy atom. The van der Waals surface area contributed by atoms with Crippen LogP contribution in [0, 0.1) is 0 Å². The third-order valence-electron chi connectivity index (χ3n) is 2.27. The Morgan fingerprint density at radius 1 is 1.37 bits per heavy atom. The topological polar surface area (TPSA) is 103 Å². The fourth-order valence-corrected chi connectivity index (χ4v) is 2.73. The van der Waals surface area contributed by atoms with Crippen molar-refractivity contribution in [1.29, 1.82) is 0 Å². The summed E-state index contributed by atoms with van der Waals surface area (Å²) in [6.07, 6.45) is 0.176. The normalized spacial score (nSPS) is 11.8. The van der Waals surface area contributed by atoms with Gasteiger partial charge in [0.25, 0.3) is 0 Å². The monoisotopic (exact) mass is 308 g/mol. The van der Waals surface area contributed by atoms with Crippen LogP contribution >= 0.6 is 12.4 Å². The summed E-state index contributed by atoms with van der Waals surface area (Å²) in [4.78, 5) is 10.9. The van der Waals surface area contributed by atoms with E-state index in [1.54, 1.807) is 0 Å². The molecule has 5 nitrogen and oxygen atoms in total. The van der Waals surface area contributed by atoms with Gasteiger partial charge in [-0.05, 0) is 23.8 Å². The molecular formula is C11H14ClFN2O3S. The lowest BCUT2D eigenvalue weighted by Crippen LogP contribution is -2.16. The second-order valence-electron chi connectivity index (χ2n) is 3.62. The number of benzene rings is 1. The van der Waals surface area contributed by atoms with E-state index in [0.29, 0.717) is 0 Å². The number of hydrogen-bond acceptors (Lipinski definition) is 4. The fraction of sp³-hybridized carbons (Fsp3) is 0.182. The smallest absolute Gasteiger partial charge is 0.248 e. The van der Waals surface area contributed by atoms with Crippen molar-refractivity contribution in [1.82, 2.24) is 0 Å². The minimum absolute atomic E-state index is 0. The van der Waals surface area contributed by atoms with Crippen LogP contribution in [0.15, 0.2) is 41.1 Å². The number of sulfone groups is 1. The van der Waals surface area contributed by atoms with E-state index in [0.717, 1.165) is 6.07 Å². The van der Waals surface area contributed by atoms with Crippen molar-refractivity contribution in [2.24, 2.45) is 11.5 Å². The Labute approximate surface area is 116 Å². The van der Waals surface area contributed by atoms with Crippen molar-refractivity contribution in [3.63, 3.8) is 0 Å². The maximum absolute atomic E-state index is 12.3. The van der Waals surface area contributed by atoms with Gasteiger partial charge in [0.05, 0.1) is 17.0 Å². The zero-order valence-corrected chi connectivity index (χ0v) is 11.5. The lowest BCUT2D eigenvalue weighted by atomic mass is 10.2. The molecule has 1 rings (SSSR count). The molecule has 4 N–H and O–H groups in total. The predicted octanol–water partition coefficient (Wildman–Crippen LogP) is 0.793. The maximum atomic E-state index is 12.3. The Kier molecular flexibility index (Phi) is 6.68. The molecule has 1 amide bonds. The Hall–Kier alpha value is -1.44. The molecule has 0 bridgehead atoms. The van der Waals surface area contributed by atoms with E-state index in [4.69, 9.17) is 11.5 Å².